The zero-order valence-corrected chi connectivity index (χ0v) is 5.93. The minimum absolute atomic E-state index is 0.750. The molecule has 0 spiro atoms. The van der Waals surface area contributed by atoms with Gasteiger partial charge < -0.3 is 0 Å². The van der Waals surface area contributed by atoms with Crippen LogP contribution in [-0.2, 0) is 0 Å². The van der Waals surface area contributed by atoms with Gasteiger partial charge in [-0.05, 0) is 6.58 Å². The lowest BCUT2D eigenvalue weighted by Crippen LogP contribution is -1.56. The molecule has 0 aliphatic rings. The van der Waals surface area contributed by atoms with E-state index in [2.05, 4.69) is 13.0 Å². The molecule has 0 rings (SSSR count). The van der Waals surface area contributed by atoms with Gasteiger partial charge >= 0.3 is 12.2 Å². The van der Waals surface area contributed by atoms with Gasteiger partial charge in [0, 0.05) is 0 Å². The zero-order valence-electron chi connectivity index (χ0n) is 5.93. The summed E-state index contributed by atoms with van der Waals surface area (Å²) in [4.78, 5) is 0. The summed E-state index contributed by atoms with van der Waals surface area (Å²) in [6.07, 6.45) is -2.97. The van der Waals surface area contributed by atoms with Crippen molar-refractivity contribution in [3.05, 3.63) is 24.8 Å². The Kier molecular flexibility index (Phi) is 17.8. The van der Waals surface area contributed by atoms with Gasteiger partial charge in [-0.3, -0.25) is 0 Å². The van der Waals surface area contributed by atoms with Crippen molar-refractivity contribution in [2.45, 2.75) is 0 Å². The quantitative estimate of drug-likeness (QED) is 0.417. The Morgan fingerprint density at radius 2 is 1.00 bits per heavy atom. The first kappa shape index (κ1) is 17.6. The summed E-state index contributed by atoms with van der Waals surface area (Å²) in [5.41, 5.74) is 0. The number of rotatable bonds is 0. The van der Waals surface area contributed by atoms with Crippen LogP contribution in [0.1, 0.15) is 0 Å². The molecule has 0 N–H and O–H groups in total. The topological polar surface area (TPSA) is 0 Å². The summed E-state index contributed by atoms with van der Waals surface area (Å²) in [5.74, 6) is 0. The maximum absolute atomic E-state index is 10.3. The zero-order chi connectivity index (χ0) is 11.4. The highest BCUT2D eigenvalue weighted by Gasteiger charge is 1.98. The van der Waals surface area contributed by atoms with E-state index in [0.29, 0.717) is 0 Å². The maximum atomic E-state index is 10.3. The third-order valence-corrected chi connectivity index (χ3v) is 0.143. The summed E-state index contributed by atoms with van der Waals surface area (Å²) in [5, 5.41) is 0. The SMILES string of the molecule is C#CF.C=C(F)F.FC(F)=C(F)F. The summed E-state index contributed by atoms with van der Waals surface area (Å²) in [6.45, 7) is 2.22. The molecule has 0 atom stereocenters. The molecule has 0 heterocycles. The Labute approximate surface area is 69.4 Å². The van der Waals surface area contributed by atoms with Crippen LogP contribution < -0.4 is 0 Å². The number of halogens is 7. The van der Waals surface area contributed by atoms with Crippen LogP contribution in [0.3, 0.4) is 0 Å². The summed E-state index contributed by atoms with van der Waals surface area (Å²) in [7, 11) is 0. The second kappa shape index (κ2) is 13.2. The molecule has 0 fully saturated rings. The van der Waals surface area contributed by atoms with Crippen molar-refractivity contribution in [2.75, 3.05) is 0 Å². The van der Waals surface area contributed by atoms with Crippen molar-refractivity contribution in [1.29, 1.82) is 0 Å². The molecule has 0 aromatic heterocycles. The lowest BCUT2D eigenvalue weighted by Gasteiger charge is -1.69. The Balaban J connectivity index is -0.000000125. The third-order valence-electron chi connectivity index (χ3n) is 0.143. The average Bonchev–Trinajstić information content (AvgIpc) is 1.87. The van der Waals surface area contributed by atoms with Gasteiger partial charge in [0.25, 0.3) is 6.08 Å². The minimum Gasteiger partial charge on any atom is -0.174 e. The van der Waals surface area contributed by atoms with Crippen LogP contribution in [0.15, 0.2) is 24.8 Å². The average molecular weight is 208 g/mol. The largest absolute Gasteiger partial charge is 0.334 e. The van der Waals surface area contributed by atoms with E-state index in [1.165, 1.54) is 0 Å². The molecule has 0 amide bonds. The van der Waals surface area contributed by atoms with Gasteiger partial charge in [0.1, 0.15) is 6.17 Å². The summed E-state index contributed by atoms with van der Waals surface area (Å²) < 4.78 is 71.2. The third kappa shape index (κ3) is 119. The molecule has 13 heavy (non-hydrogen) atoms. The maximum Gasteiger partial charge on any atom is 0.334 e. The Hall–Kier alpha value is -1.45. The Morgan fingerprint density at radius 3 is 1.00 bits per heavy atom. The fourth-order valence-electron chi connectivity index (χ4n) is 0. The van der Waals surface area contributed by atoms with Crippen LogP contribution in [0.2, 0.25) is 0 Å². The number of terminal acetylenes is 1. The molecule has 0 radical (unpaired) electrons. The van der Waals surface area contributed by atoms with Crippen LogP contribution in [-0.4, -0.2) is 0 Å². The normalized spacial score (nSPS) is 6.31. The number of hydrogen-bond donors (Lipinski definition) is 0. The van der Waals surface area contributed by atoms with Gasteiger partial charge in [-0.1, -0.05) is 6.42 Å². The molecule has 0 nitrogen and oxygen atoms in total. The molecule has 0 aliphatic carbocycles. The Morgan fingerprint density at radius 1 is 0.923 bits per heavy atom. The van der Waals surface area contributed by atoms with Crippen LogP contribution >= 0.6 is 0 Å². The molecule has 0 saturated carbocycles. The highest BCUT2D eigenvalue weighted by molar-refractivity contribution is 4.77. The van der Waals surface area contributed by atoms with E-state index in [4.69, 9.17) is 0 Å². The van der Waals surface area contributed by atoms with Crippen molar-refractivity contribution in [3.8, 4) is 12.6 Å². The first-order valence-corrected chi connectivity index (χ1v) is 2.22. The minimum atomic E-state index is -2.91. The van der Waals surface area contributed by atoms with E-state index in [1.807, 2.05) is 0 Å². The molecular formula is C6H3F7. The molecule has 76 valence electrons. The van der Waals surface area contributed by atoms with E-state index >= 15 is 0 Å². The lowest BCUT2D eigenvalue weighted by molar-refractivity contribution is 0.308. The van der Waals surface area contributed by atoms with E-state index in [9.17, 15) is 30.7 Å². The first-order chi connectivity index (χ1) is 5.79. The van der Waals surface area contributed by atoms with Crippen molar-refractivity contribution in [3.63, 3.8) is 0 Å². The standard InChI is InChI=1S/C2F4.C2H2F2.C2HF/c3-1(4)2(5)6;1-2(3)4;1-2-3/h;1H2;1H. The van der Waals surface area contributed by atoms with Gasteiger partial charge in [0.05, 0.1) is 0 Å². The summed E-state index contributed by atoms with van der Waals surface area (Å²) >= 11 is 0. The van der Waals surface area contributed by atoms with Gasteiger partial charge in [-0.15, -0.1) is 4.39 Å². The molecule has 0 bridgehead atoms. The van der Waals surface area contributed by atoms with Crippen LogP contribution in [0.25, 0.3) is 0 Å². The van der Waals surface area contributed by atoms with Crippen molar-refractivity contribution < 1.29 is 30.7 Å². The molecule has 0 aliphatic heterocycles. The molecule has 0 saturated heterocycles. The van der Waals surface area contributed by atoms with E-state index in [-0.39, 0.29) is 0 Å². The van der Waals surface area contributed by atoms with Gasteiger partial charge in [0.15, 0.2) is 0 Å². The van der Waals surface area contributed by atoms with Crippen molar-refractivity contribution >= 4 is 0 Å². The van der Waals surface area contributed by atoms with Crippen molar-refractivity contribution in [1.82, 2.24) is 0 Å². The van der Waals surface area contributed by atoms with Crippen LogP contribution in [0, 0.1) is 12.6 Å². The predicted molar refractivity (Wildman–Crippen MR) is 32.8 cm³/mol. The van der Waals surface area contributed by atoms with Crippen LogP contribution in [0.5, 0.6) is 0 Å². The number of hydrogen-bond acceptors (Lipinski definition) is 0. The van der Waals surface area contributed by atoms with Gasteiger partial charge in [0.2, 0.25) is 0 Å². The van der Waals surface area contributed by atoms with Crippen molar-refractivity contribution in [2.24, 2.45) is 0 Å². The lowest BCUT2D eigenvalue weighted by atomic mass is 11.1. The monoisotopic (exact) mass is 208 g/mol. The molecular weight excluding hydrogens is 205 g/mol. The van der Waals surface area contributed by atoms with E-state index < -0.39 is 18.2 Å². The highest BCUT2D eigenvalue weighted by Crippen LogP contribution is 2.08. The Bertz CT molecular complexity index is 178. The van der Waals surface area contributed by atoms with E-state index in [1.54, 1.807) is 0 Å². The first-order valence-electron chi connectivity index (χ1n) is 2.22. The molecule has 0 unspecified atom stereocenters. The molecule has 0 aromatic rings. The second-order valence-corrected chi connectivity index (χ2v) is 0.969. The van der Waals surface area contributed by atoms with Crippen LogP contribution in [0.4, 0.5) is 30.7 Å². The fourth-order valence-corrected chi connectivity index (χ4v) is 0. The molecule has 0 aromatic carbocycles. The van der Waals surface area contributed by atoms with Gasteiger partial charge in [-0.25, -0.2) is 0 Å². The predicted octanol–water partition coefficient (Wildman–Crippen LogP) is 3.93. The summed E-state index contributed by atoms with van der Waals surface area (Å²) in [6, 6.07) is 0. The van der Waals surface area contributed by atoms with E-state index in [0.717, 1.165) is 6.17 Å². The van der Waals surface area contributed by atoms with Gasteiger partial charge in [-0.2, -0.15) is 26.3 Å². The molecule has 7 heteroatoms. The highest BCUT2D eigenvalue weighted by atomic mass is 19.3. The fraction of sp³-hybridized carbons (Fsp3) is 0. The second-order valence-electron chi connectivity index (χ2n) is 0.969. The smallest absolute Gasteiger partial charge is 0.174 e.